The average molecular weight is 445 g/mol. The minimum Gasteiger partial charge on any atom is -0.456 e. The summed E-state index contributed by atoms with van der Waals surface area (Å²) in [5.74, 6) is 0.865. The molecule has 2 N–H and O–H groups in total. The van der Waals surface area contributed by atoms with E-state index in [1.165, 1.54) is 12.8 Å². The van der Waals surface area contributed by atoms with E-state index in [1.54, 1.807) is 42.7 Å². The van der Waals surface area contributed by atoms with Gasteiger partial charge in [0.2, 0.25) is 5.91 Å². The highest BCUT2D eigenvalue weighted by molar-refractivity contribution is 5.96. The zero-order valence-electron chi connectivity index (χ0n) is 18.7. The molecule has 4 rings (SSSR count). The van der Waals surface area contributed by atoms with Crippen molar-refractivity contribution in [3.63, 3.8) is 0 Å². The maximum atomic E-state index is 12.6. The molecule has 1 aliphatic heterocycles. The van der Waals surface area contributed by atoms with Crippen molar-refractivity contribution in [1.82, 2.24) is 10.3 Å². The number of aromatic nitrogens is 1. The first kappa shape index (κ1) is 22.3. The first-order chi connectivity index (χ1) is 16.1. The number of nitrogens with zero attached hydrogens (tertiary/aromatic N) is 2. The largest absolute Gasteiger partial charge is 0.456 e. The lowest BCUT2D eigenvalue weighted by Gasteiger charge is -2.19. The van der Waals surface area contributed by atoms with Crippen LogP contribution in [0.15, 0.2) is 73.1 Å². The van der Waals surface area contributed by atoms with Crippen LogP contribution < -0.4 is 20.3 Å². The monoisotopic (exact) mass is 444 g/mol. The second-order valence-corrected chi connectivity index (χ2v) is 8.19. The first-order valence-corrected chi connectivity index (χ1v) is 11.2. The lowest BCUT2D eigenvalue weighted by molar-refractivity contribution is -0.116. The van der Waals surface area contributed by atoms with Crippen molar-refractivity contribution in [3.8, 4) is 11.5 Å². The van der Waals surface area contributed by atoms with Crippen LogP contribution in [0.3, 0.4) is 0 Å². The van der Waals surface area contributed by atoms with Gasteiger partial charge in [-0.15, -0.1) is 0 Å². The quantitative estimate of drug-likeness (QED) is 0.530. The molecule has 0 bridgehead atoms. The smallest absolute Gasteiger partial charge is 0.251 e. The summed E-state index contributed by atoms with van der Waals surface area (Å²) in [7, 11) is 0. The number of nitrogens with one attached hydrogen (secondary N) is 2. The normalized spacial score (nSPS) is 13.9. The molecule has 1 atom stereocenters. The third kappa shape index (κ3) is 6.32. The van der Waals surface area contributed by atoms with Gasteiger partial charge in [0.1, 0.15) is 11.5 Å². The Labute approximate surface area is 193 Å². The molecule has 1 saturated heterocycles. The Morgan fingerprint density at radius 2 is 1.82 bits per heavy atom. The second kappa shape index (κ2) is 10.6. The van der Waals surface area contributed by atoms with Crippen LogP contribution in [0.5, 0.6) is 11.5 Å². The zero-order valence-corrected chi connectivity index (χ0v) is 18.7. The van der Waals surface area contributed by atoms with Crippen LogP contribution in [0.25, 0.3) is 0 Å². The fourth-order valence-corrected chi connectivity index (χ4v) is 3.82. The first-order valence-electron chi connectivity index (χ1n) is 11.2. The Kier molecular flexibility index (Phi) is 7.19. The van der Waals surface area contributed by atoms with E-state index >= 15 is 0 Å². The van der Waals surface area contributed by atoms with E-state index in [9.17, 15) is 9.59 Å². The number of ether oxygens (including phenoxy) is 1. The summed E-state index contributed by atoms with van der Waals surface area (Å²) in [6, 6.07) is 18.0. The summed E-state index contributed by atoms with van der Waals surface area (Å²) in [4.78, 5) is 31.4. The van der Waals surface area contributed by atoms with E-state index in [1.807, 2.05) is 31.2 Å². The van der Waals surface area contributed by atoms with E-state index in [-0.39, 0.29) is 24.3 Å². The number of carbonyl (C=O) groups is 2. The van der Waals surface area contributed by atoms with Crippen molar-refractivity contribution in [3.05, 3.63) is 78.6 Å². The second-order valence-electron chi connectivity index (χ2n) is 8.19. The van der Waals surface area contributed by atoms with Crippen LogP contribution in [0.2, 0.25) is 0 Å². The maximum absolute atomic E-state index is 12.6. The summed E-state index contributed by atoms with van der Waals surface area (Å²) < 4.78 is 5.69. The molecule has 7 heteroatoms. The Bertz CT molecular complexity index is 1080. The molecule has 1 aliphatic rings. The van der Waals surface area contributed by atoms with Gasteiger partial charge in [-0.3, -0.25) is 14.6 Å². The van der Waals surface area contributed by atoms with Crippen LogP contribution in [0.1, 0.15) is 36.5 Å². The predicted molar refractivity (Wildman–Crippen MR) is 129 cm³/mol. The standard InChI is InChI=1S/C26H28N4O3/c1-19(16-25(31)29-21-6-4-7-22(17-21)30-14-2-3-15-30)28-26(32)20-9-11-23(12-10-20)33-24-8-5-13-27-18-24/h4-13,17-19H,2-3,14-16H2,1H3,(H,28,32)(H,29,31). The molecule has 0 aliphatic carbocycles. The van der Waals surface area contributed by atoms with Gasteiger partial charge in [-0.05, 0) is 74.4 Å². The van der Waals surface area contributed by atoms with Crippen LogP contribution in [0.4, 0.5) is 11.4 Å². The Hall–Kier alpha value is -3.87. The van der Waals surface area contributed by atoms with Gasteiger partial charge in [-0.25, -0.2) is 0 Å². The number of pyridine rings is 1. The van der Waals surface area contributed by atoms with Gasteiger partial charge in [0, 0.05) is 48.7 Å². The zero-order chi connectivity index (χ0) is 23.0. The molecule has 2 aromatic carbocycles. The highest BCUT2D eigenvalue weighted by Gasteiger charge is 2.15. The minimum absolute atomic E-state index is 0.137. The van der Waals surface area contributed by atoms with Gasteiger partial charge < -0.3 is 20.3 Å². The van der Waals surface area contributed by atoms with Crippen LogP contribution in [-0.2, 0) is 4.79 Å². The Balaban J connectivity index is 1.26. The number of hydrogen-bond acceptors (Lipinski definition) is 5. The van der Waals surface area contributed by atoms with Crippen molar-refractivity contribution in [1.29, 1.82) is 0 Å². The number of benzene rings is 2. The molecule has 2 amide bonds. The molecule has 1 fully saturated rings. The van der Waals surface area contributed by atoms with Gasteiger partial charge in [-0.1, -0.05) is 6.07 Å². The van der Waals surface area contributed by atoms with Gasteiger partial charge in [-0.2, -0.15) is 0 Å². The van der Waals surface area contributed by atoms with Crippen LogP contribution in [0, 0.1) is 0 Å². The number of rotatable bonds is 8. The van der Waals surface area contributed by atoms with Gasteiger partial charge in [0.25, 0.3) is 5.91 Å². The number of anilines is 2. The minimum atomic E-state index is -0.314. The topological polar surface area (TPSA) is 83.6 Å². The van der Waals surface area contributed by atoms with Crippen molar-refractivity contribution in [2.45, 2.75) is 32.2 Å². The van der Waals surface area contributed by atoms with Crippen molar-refractivity contribution < 1.29 is 14.3 Å². The summed E-state index contributed by atoms with van der Waals surface area (Å²) in [5.41, 5.74) is 2.40. The highest BCUT2D eigenvalue weighted by Crippen LogP contribution is 2.23. The number of carbonyl (C=O) groups excluding carboxylic acids is 2. The molecule has 3 aromatic rings. The number of amides is 2. The third-order valence-electron chi connectivity index (χ3n) is 5.46. The summed E-state index contributed by atoms with van der Waals surface area (Å²) in [6.45, 7) is 3.92. The molecule has 170 valence electrons. The van der Waals surface area contributed by atoms with Crippen molar-refractivity contribution in [2.75, 3.05) is 23.3 Å². The molecule has 0 spiro atoms. The van der Waals surface area contributed by atoms with Gasteiger partial charge >= 0.3 is 0 Å². The molecule has 33 heavy (non-hydrogen) atoms. The molecular formula is C26H28N4O3. The van der Waals surface area contributed by atoms with E-state index in [0.717, 1.165) is 24.5 Å². The maximum Gasteiger partial charge on any atom is 0.251 e. The Morgan fingerprint density at radius 3 is 2.55 bits per heavy atom. The van der Waals surface area contributed by atoms with Crippen LogP contribution >= 0.6 is 0 Å². The fourth-order valence-electron chi connectivity index (χ4n) is 3.82. The van der Waals surface area contributed by atoms with Crippen molar-refractivity contribution in [2.24, 2.45) is 0 Å². The van der Waals surface area contributed by atoms with E-state index < -0.39 is 0 Å². The lowest BCUT2D eigenvalue weighted by atomic mass is 10.1. The molecule has 1 unspecified atom stereocenters. The van der Waals surface area contributed by atoms with E-state index in [4.69, 9.17) is 4.74 Å². The van der Waals surface area contributed by atoms with Gasteiger partial charge in [0.05, 0.1) is 6.20 Å². The molecule has 2 heterocycles. The van der Waals surface area contributed by atoms with Crippen LogP contribution in [-0.4, -0.2) is 35.9 Å². The molecule has 0 radical (unpaired) electrons. The summed E-state index contributed by atoms with van der Waals surface area (Å²) >= 11 is 0. The SMILES string of the molecule is CC(CC(=O)Nc1cccc(N2CCCC2)c1)NC(=O)c1ccc(Oc2cccnc2)cc1. The fraction of sp³-hybridized carbons (Fsp3) is 0.269. The van der Waals surface area contributed by atoms with Gasteiger partial charge in [0.15, 0.2) is 0 Å². The number of hydrogen-bond donors (Lipinski definition) is 2. The molecular weight excluding hydrogens is 416 g/mol. The predicted octanol–water partition coefficient (Wildman–Crippen LogP) is 4.62. The lowest BCUT2D eigenvalue weighted by Crippen LogP contribution is -2.35. The van der Waals surface area contributed by atoms with Crippen molar-refractivity contribution >= 4 is 23.2 Å². The average Bonchev–Trinajstić information content (AvgIpc) is 3.35. The highest BCUT2D eigenvalue weighted by atomic mass is 16.5. The molecule has 7 nitrogen and oxygen atoms in total. The molecule has 1 aromatic heterocycles. The summed E-state index contributed by atoms with van der Waals surface area (Å²) in [5, 5.41) is 5.82. The third-order valence-corrected chi connectivity index (χ3v) is 5.46. The summed E-state index contributed by atoms with van der Waals surface area (Å²) in [6.07, 6.45) is 5.88. The van der Waals surface area contributed by atoms with E-state index in [2.05, 4.69) is 26.6 Å². The van der Waals surface area contributed by atoms with E-state index in [0.29, 0.717) is 17.1 Å². The molecule has 0 saturated carbocycles. The Morgan fingerprint density at radius 1 is 1.03 bits per heavy atom.